The highest BCUT2D eigenvalue weighted by atomic mass is 15.2. The van der Waals surface area contributed by atoms with E-state index in [1.807, 2.05) is 24.4 Å². The number of hydrogen-bond donors (Lipinski definition) is 2. The third-order valence-electron chi connectivity index (χ3n) is 2.98. The van der Waals surface area contributed by atoms with Gasteiger partial charge in [-0.3, -0.25) is 4.98 Å². The minimum atomic E-state index is -0.0206. The fraction of sp³-hybridized carbons (Fsp3) is 0.412. The lowest BCUT2D eigenvalue weighted by molar-refractivity contribution is 0.501. The monoisotopic (exact) mass is 284 g/mol. The van der Waals surface area contributed by atoms with Crippen molar-refractivity contribution in [3.8, 4) is 0 Å². The summed E-state index contributed by atoms with van der Waals surface area (Å²) in [6.07, 6.45) is 1.84. The smallest absolute Gasteiger partial charge is 0.192 e. The van der Waals surface area contributed by atoms with Crippen LogP contribution in [-0.4, -0.2) is 23.0 Å². The number of pyridine rings is 1. The molecule has 0 radical (unpaired) electrons. The van der Waals surface area contributed by atoms with Crippen molar-refractivity contribution in [2.75, 3.05) is 6.54 Å². The standard InChI is InChI=1S/C17H24N4/c1-5-18-16(21-17(2,3)4)20-12-15-14-9-7-6-8-13(14)10-11-19-15/h6-11H,5,12H2,1-4H3,(H2,18,20,21). The van der Waals surface area contributed by atoms with Crippen molar-refractivity contribution in [1.82, 2.24) is 15.6 Å². The van der Waals surface area contributed by atoms with Gasteiger partial charge in [-0.15, -0.1) is 0 Å². The first kappa shape index (κ1) is 15.3. The van der Waals surface area contributed by atoms with Crippen molar-refractivity contribution < 1.29 is 0 Å². The van der Waals surface area contributed by atoms with Crippen LogP contribution in [0, 0.1) is 0 Å². The summed E-state index contributed by atoms with van der Waals surface area (Å²) in [6.45, 7) is 9.83. The van der Waals surface area contributed by atoms with E-state index in [2.05, 4.69) is 60.4 Å². The average molecular weight is 284 g/mol. The highest BCUT2D eigenvalue weighted by molar-refractivity contribution is 5.85. The molecule has 1 aromatic heterocycles. The Morgan fingerprint density at radius 2 is 1.95 bits per heavy atom. The second-order valence-corrected chi connectivity index (χ2v) is 6.05. The first-order valence-electron chi connectivity index (χ1n) is 7.39. The molecule has 4 heteroatoms. The normalized spacial score (nSPS) is 12.5. The average Bonchev–Trinajstić information content (AvgIpc) is 2.43. The molecule has 0 fully saturated rings. The quantitative estimate of drug-likeness (QED) is 0.672. The number of nitrogens with zero attached hydrogens (tertiary/aromatic N) is 2. The molecule has 21 heavy (non-hydrogen) atoms. The Morgan fingerprint density at radius 1 is 1.19 bits per heavy atom. The molecule has 2 N–H and O–H groups in total. The molecule has 0 aliphatic heterocycles. The van der Waals surface area contributed by atoms with Crippen LogP contribution in [-0.2, 0) is 6.54 Å². The molecule has 0 atom stereocenters. The van der Waals surface area contributed by atoms with E-state index >= 15 is 0 Å². The minimum Gasteiger partial charge on any atom is -0.357 e. The lowest BCUT2D eigenvalue weighted by Crippen LogP contribution is -2.47. The Balaban J connectivity index is 2.23. The van der Waals surface area contributed by atoms with Crippen LogP contribution in [0.25, 0.3) is 10.8 Å². The maximum Gasteiger partial charge on any atom is 0.192 e. The molecule has 2 rings (SSSR count). The van der Waals surface area contributed by atoms with Crippen LogP contribution in [0.5, 0.6) is 0 Å². The molecule has 0 amide bonds. The van der Waals surface area contributed by atoms with Gasteiger partial charge < -0.3 is 10.6 Å². The Kier molecular flexibility index (Phi) is 4.78. The van der Waals surface area contributed by atoms with E-state index < -0.39 is 0 Å². The number of guanidine groups is 1. The van der Waals surface area contributed by atoms with Crippen LogP contribution < -0.4 is 10.6 Å². The maximum absolute atomic E-state index is 4.65. The van der Waals surface area contributed by atoms with Crippen LogP contribution in [0.3, 0.4) is 0 Å². The van der Waals surface area contributed by atoms with Crippen molar-refractivity contribution >= 4 is 16.7 Å². The zero-order chi connectivity index (χ0) is 15.3. The number of fused-ring (bicyclic) bond motifs is 1. The van der Waals surface area contributed by atoms with Crippen LogP contribution in [0.15, 0.2) is 41.5 Å². The van der Waals surface area contributed by atoms with Gasteiger partial charge in [0, 0.05) is 23.7 Å². The molecule has 0 aliphatic rings. The van der Waals surface area contributed by atoms with Gasteiger partial charge in [-0.05, 0) is 39.1 Å². The summed E-state index contributed by atoms with van der Waals surface area (Å²) in [4.78, 5) is 9.12. The van der Waals surface area contributed by atoms with Gasteiger partial charge in [0.15, 0.2) is 5.96 Å². The molecule has 0 saturated carbocycles. The maximum atomic E-state index is 4.65. The van der Waals surface area contributed by atoms with Gasteiger partial charge >= 0.3 is 0 Å². The number of nitrogens with one attached hydrogen (secondary N) is 2. The van der Waals surface area contributed by atoms with Gasteiger partial charge in [0.2, 0.25) is 0 Å². The number of hydrogen-bond acceptors (Lipinski definition) is 2. The molecule has 1 heterocycles. The summed E-state index contributed by atoms with van der Waals surface area (Å²) >= 11 is 0. The van der Waals surface area contributed by atoms with Gasteiger partial charge in [0.1, 0.15) is 0 Å². The molecular formula is C17H24N4. The largest absolute Gasteiger partial charge is 0.357 e. The van der Waals surface area contributed by atoms with E-state index in [-0.39, 0.29) is 5.54 Å². The van der Waals surface area contributed by atoms with Gasteiger partial charge in [-0.25, -0.2) is 4.99 Å². The highest BCUT2D eigenvalue weighted by Gasteiger charge is 2.11. The van der Waals surface area contributed by atoms with E-state index in [4.69, 9.17) is 0 Å². The Hall–Kier alpha value is -2.10. The topological polar surface area (TPSA) is 49.3 Å². The highest BCUT2D eigenvalue weighted by Crippen LogP contribution is 2.16. The van der Waals surface area contributed by atoms with E-state index in [0.717, 1.165) is 23.6 Å². The van der Waals surface area contributed by atoms with E-state index in [1.54, 1.807) is 0 Å². The Labute approximate surface area is 126 Å². The molecule has 4 nitrogen and oxygen atoms in total. The van der Waals surface area contributed by atoms with Crippen LogP contribution >= 0.6 is 0 Å². The Morgan fingerprint density at radius 3 is 2.67 bits per heavy atom. The summed E-state index contributed by atoms with van der Waals surface area (Å²) in [5.41, 5.74) is 0.979. The van der Waals surface area contributed by atoms with Crippen molar-refractivity contribution in [1.29, 1.82) is 0 Å². The third-order valence-corrected chi connectivity index (χ3v) is 2.98. The van der Waals surface area contributed by atoms with E-state index in [9.17, 15) is 0 Å². The van der Waals surface area contributed by atoms with E-state index in [1.165, 1.54) is 5.39 Å². The lowest BCUT2D eigenvalue weighted by Gasteiger charge is -2.23. The van der Waals surface area contributed by atoms with Crippen molar-refractivity contribution in [3.05, 3.63) is 42.2 Å². The third kappa shape index (κ3) is 4.45. The molecule has 0 unspecified atom stereocenters. The fourth-order valence-electron chi connectivity index (χ4n) is 2.12. The van der Waals surface area contributed by atoms with Gasteiger partial charge in [0.25, 0.3) is 0 Å². The molecule has 1 aromatic carbocycles. The van der Waals surface area contributed by atoms with Crippen LogP contribution in [0.4, 0.5) is 0 Å². The number of aromatic nitrogens is 1. The summed E-state index contributed by atoms with van der Waals surface area (Å²) in [7, 11) is 0. The summed E-state index contributed by atoms with van der Waals surface area (Å²) < 4.78 is 0. The lowest BCUT2D eigenvalue weighted by atomic mass is 10.1. The summed E-state index contributed by atoms with van der Waals surface area (Å²) in [5, 5.41) is 9.02. The second kappa shape index (κ2) is 6.57. The summed E-state index contributed by atoms with van der Waals surface area (Å²) in [6, 6.07) is 10.3. The van der Waals surface area contributed by atoms with Gasteiger partial charge in [-0.2, -0.15) is 0 Å². The van der Waals surface area contributed by atoms with Crippen molar-refractivity contribution in [3.63, 3.8) is 0 Å². The number of rotatable bonds is 3. The zero-order valence-electron chi connectivity index (χ0n) is 13.3. The molecule has 0 bridgehead atoms. The summed E-state index contributed by atoms with van der Waals surface area (Å²) in [5.74, 6) is 0.819. The Bertz CT molecular complexity index is 621. The molecule has 112 valence electrons. The van der Waals surface area contributed by atoms with Crippen molar-refractivity contribution in [2.24, 2.45) is 4.99 Å². The first-order valence-corrected chi connectivity index (χ1v) is 7.39. The van der Waals surface area contributed by atoms with E-state index in [0.29, 0.717) is 6.54 Å². The number of benzene rings is 1. The molecular weight excluding hydrogens is 260 g/mol. The second-order valence-electron chi connectivity index (χ2n) is 6.05. The minimum absolute atomic E-state index is 0.0206. The predicted octanol–water partition coefficient (Wildman–Crippen LogP) is 3.09. The predicted molar refractivity (Wildman–Crippen MR) is 89.4 cm³/mol. The van der Waals surface area contributed by atoms with Gasteiger partial charge in [0.05, 0.1) is 12.2 Å². The molecule has 0 spiro atoms. The fourth-order valence-corrected chi connectivity index (χ4v) is 2.12. The molecule has 2 aromatic rings. The zero-order valence-corrected chi connectivity index (χ0v) is 13.3. The van der Waals surface area contributed by atoms with Crippen molar-refractivity contribution in [2.45, 2.75) is 39.8 Å². The molecule has 0 aliphatic carbocycles. The molecule has 0 saturated heterocycles. The van der Waals surface area contributed by atoms with Crippen LogP contribution in [0.1, 0.15) is 33.4 Å². The SMILES string of the molecule is CCNC(=NCc1nccc2ccccc12)NC(C)(C)C. The van der Waals surface area contributed by atoms with Crippen LogP contribution in [0.2, 0.25) is 0 Å². The number of aliphatic imine (C=N–C) groups is 1. The first-order chi connectivity index (χ1) is 9.99. The van der Waals surface area contributed by atoms with Gasteiger partial charge in [-0.1, -0.05) is 24.3 Å².